The zero-order valence-electron chi connectivity index (χ0n) is 18.8. The monoisotopic (exact) mass is 451 g/mol. The fraction of sp³-hybridized carbons (Fsp3) is 0.357. The van der Waals surface area contributed by atoms with E-state index in [2.05, 4.69) is 17.4 Å². The van der Waals surface area contributed by atoms with Gasteiger partial charge in [-0.3, -0.25) is 14.9 Å². The van der Waals surface area contributed by atoms with Gasteiger partial charge in [-0.25, -0.2) is 9.69 Å². The number of urea groups is 1. The molecule has 1 aliphatic heterocycles. The number of imide groups is 2. The first kappa shape index (κ1) is 20.9. The van der Waals surface area contributed by atoms with Gasteiger partial charge < -0.3 is 0 Å². The van der Waals surface area contributed by atoms with Crippen LogP contribution in [-0.4, -0.2) is 17.8 Å². The van der Waals surface area contributed by atoms with Crippen molar-refractivity contribution in [3.8, 4) is 6.07 Å². The smallest absolute Gasteiger partial charge is 0.273 e. The van der Waals surface area contributed by atoms with Crippen LogP contribution >= 0.6 is 0 Å². The van der Waals surface area contributed by atoms with Gasteiger partial charge in [0.25, 0.3) is 11.8 Å². The number of barbiturate groups is 1. The lowest BCUT2D eigenvalue weighted by Crippen LogP contribution is -2.54. The molecule has 4 saturated carbocycles. The fourth-order valence-electron chi connectivity index (χ4n) is 7.14. The van der Waals surface area contributed by atoms with Crippen LogP contribution in [0, 0.1) is 29.1 Å². The molecule has 6 nitrogen and oxygen atoms in total. The maximum atomic E-state index is 13.2. The Morgan fingerprint density at radius 1 is 0.882 bits per heavy atom. The van der Waals surface area contributed by atoms with Crippen molar-refractivity contribution in [2.24, 2.45) is 17.8 Å². The van der Waals surface area contributed by atoms with Crippen LogP contribution in [0.4, 0.5) is 10.5 Å². The van der Waals surface area contributed by atoms with E-state index in [1.807, 2.05) is 18.2 Å². The summed E-state index contributed by atoms with van der Waals surface area (Å²) in [6.45, 7) is 0. The standard InChI is InChI=1S/C28H25N3O3/c29-16-18-3-1-17(2-4-18)12-24-25(32)30-27(34)31(26(24)33)23-7-5-22(6-8-23)28-13-19-9-20(14-28)11-21(10-19)15-28/h1-8,12,19-21H,9-11,13-15H2,(H,30,32,34)/b24-12+. The fourth-order valence-corrected chi connectivity index (χ4v) is 7.14. The van der Waals surface area contributed by atoms with Crippen LogP contribution in [0.3, 0.4) is 0 Å². The van der Waals surface area contributed by atoms with E-state index in [1.54, 1.807) is 24.3 Å². The molecule has 1 N–H and O–H groups in total. The molecule has 2 aromatic carbocycles. The number of carbonyl (C=O) groups is 3. The first-order chi connectivity index (χ1) is 16.4. The van der Waals surface area contributed by atoms with Gasteiger partial charge >= 0.3 is 6.03 Å². The van der Waals surface area contributed by atoms with Crippen molar-refractivity contribution >= 4 is 29.6 Å². The van der Waals surface area contributed by atoms with Gasteiger partial charge in [0.2, 0.25) is 0 Å². The van der Waals surface area contributed by atoms with E-state index in [0.717, 1.165) is 22.7 Å². The third-order valence-electron chi connectivity index (χ3n) is 8.23. The van der Waals surface area contributed by atoms with Gasteiger partial charge in [-0.15, -0.1) is 0 Å². The van der Waals surface area contributed by atoms with E-state index < -0.39 is 17.8 Å². The summed E-state index contributed by atoms with van der Waals surface area (Å²) in [6.07, 6.45) is 9.31. The minimum absolute atomic E-state index is 0.116. The number of carbonyl (C=O) groups excluding carboxylic acids is 3. The summed E-state index contributed by atoms with van der Waals surface area (Å²) >= 11 is 0. The number of nitrogens with zero attached hydrogens (tertiary/aromatic N) is 2. The molecule has 170 valence electrons. The number of nitrogens with one attached hydrogen (secondary N) is 1. The van der Waals surface area contributed by atoms with E-state index >= 15 is 0 Å². The molecule has 4 amide bonds. The zero-order chi connectivity index (χ0) is 23.4. The normalized spacial score (nSPS) is 31.0. The number of anilines is 1. The third kappa shape index (κ3) is 3.35. The van der Waals surface area contributed by atoms with E-state index in [1.165, 1.54) is 50.2 Å². The summed E-state index contributed by atoms with van der Waals surface area (Å²) < 4.78 is 0. The van der Waals surface area contributed by atoms with E-state index in [0.29, 0.717) is 16.8 Å². The molecule has 4 aliphatic carbocycles. The Balaban J connectivity index is 1.28. The van der Waals surface area contributed by atoms with Crippen molar-refractivity contribution in [3.05, 3.63) is 70.8 Å². The summed E-state index contributed by atoms with van der Waals surface area (Å²) in [4.78, 5) is 39.3. The second-order valence-electron chi connectivity index (χ2n) is 10.4. The molecule has 1 heterocycles. The van der Waals surface area contributed by atoms with Crippen molar-refractivity contribution < 1.29 is 14.4 Å². The predicted octanol–water partition coefficient (Wildman–Crippen LogP) is 4.69. The molecule has 34 heavy (non-hydrogen) atoms. The molecular weight excluding hydrogens is 426 g/mol. The molecule has 1 saturated heterocycles. The minimum Gasteiger partial charge on any atom is -0.273 e. The summed E-state index contributed by atoms with van der Waals surface area (Å²) in [6, 6.07) is 15.7. The summed E-state index contributed by atoms with van der Waals surface area (Å²) in [5, 5.41) is 11.2. The van der Waals surface area contributed by atoms with Gasteiger partial charge in [-0.05, 0) is 103 Å². The van der Waals surface area contributed by atoms with Gasteiger partial charge in [0.05, 0.1) is 17.3 Å². The molecule has 0 spiro atoms. The Morgan fingerprint density at radius 3 is 2.03 bits per heavy atom. The minimum atomic E-state index is -0.741. The number of benzene rings is 2. The molecule has 0 aromatic heterocycles. The van der Waals surface area contributed by atoms with Gasteiger partial charge in [-0.2, -0.15) is 5.26 Å². The second-order valence-corrected chi connectivity index (χ2v) is 10.4. The van der Waals surface area contributed by atoms with Crippen LogP contribution in [0.5, 0.6) is 0 Å². The van der Waals surface area contributed by atoms with E-state index in [9.17, 15) is 14.4 Å². The average Bonchev–Trinajstić information content (AvgIpc) is 2.81. The molecule has 5 fully saturated rings. The van der Waals surface area contributed by atoms with E-state index in [-0.39, 0.29) is 11.0 Å². The number of hydrogen-bond acceptors (Lipinski definition) is 4. The highest BCUT2D eigenvalue weighted by molar-refractivity contribution is 6.39. The quantitative estimate of drug-likeness (QED) is 0.541. The topological polar surface area (TPSA) is 90.3 Å². The van der Waals surface area contributed by atoms with Crippen molar-refractivity contribution in [1.82, 2.24) is 5.32 Å². The van der Waals surface area contributed by atoms with Crippen molar-refractivity contribution in [2.75, 3.05) is 4.90 Å². The molecule has 0 radical (unpaired) electrons. The number of hydrogen-bond donors (Lipinski definition) is 1. The van der Waals surface area contributed by atoms with Crippen LogP contribution in [0.2, 0.25) is 0 Å². The molecule has 0 unspecified atom stereocenters. The van der Waals surface area contributed by atoms with Crippen LogP contribution in [0.1, 0.15) is 55.2 Å². The lowest BCUT2D eigenvalue weighted by atomic mass is 9.48. The zero-order valence-corrected chi connectivity index (χ0v) is 18.8. The number of amides is 4. The lowest BCUT2D eigenvalue weighted by Gasteiger charge is -2.57. The summed E-state index contributed by atoms with van der Waals surface area (Å²) in [5.74, 6) is 1.13. The van der Waals surface area contributed by atoms with Gasteiger partial charge in [0.15, 0.2) is 0 Å². The predicted molar refractivity (Wildman–Crippen MR) is 126 cm³/mol. The summed E-state index contributed by atoms with van der Waals surface area (Å²) in [5.41, 5.74) is 2.97. The molecule has 0 atom stereocenters. The number of rotatable bonds is 3. The lowest BCUT2D eigenvalue weighted by molar-refractivity contribution is -0.122. The molecule has 4 bridgehead atoms. The first-order valence-electron chi connectivity index (χ1n) is 12.0. The molecule has 6 heteroatoms. The molecule has 5 aliphatic rings. The van der Waals surface area contributed by atoms with Gasteiger partial charge in [0, 0.05) is 0 Å². The Morgan fingerprint density at radius 2 is 1.47 bits per heavy atom. The highest BCUT2D eigenvalue weighted by atomic mass is 16.2. The number of nitriles is 1. The summed E-state index contributed by atoms with van der Waals surface area (Å²) in [7, 11) is 0. The van der Waals surface area contributed by atoms with Crippen LogP contribution in [0.15, 0.2) is 54.1 Å². The third-order valence-corrected chi connectivity index (χ3v) is 8.23. The Kier molecular flexibility index (Phi) is 4.70. The second kappa shape index (κ2) is 7.66. The molecule has 7 rings (SSSR count). The Bertz CT molecular complexity index is 1230. The average molecular weight is 452 g/mol. The van der Waals surface area contributed by atoms with Crippen LogP contribution in [-0.2, 0) is 15.0 Å². The van der Waals surface area contributed by atoms with Crippen molar-refractivity contribution in [2.45, 2.75) is 43.9 Å². The maximum Gasteiger partial charge on any atom is 0.335 e. The Hall–Kier alpha value is -3.72. The van der Waals surface area contributed by atoms with E-state index in [4.69, 9.17) is 5.26 Å². The Labute approximate surface area is 198 Å². The van der Waals surface area contributed by atoms with Crippen molar-refractivity contribution in [1.29, 1.82) is 5.26 Å². The molecule has 2 aromatic rings. The highest BCUT2D eigenvalue weighted by Crippen LogP contribution is 2.60. The first-order valence-corrected chi connectivity index (χ1v) is 12.0. The van der Waals surface area contributed by atoms with Crippen LogP contribution < -0.4 is 10.2 Å². The maximum absolute atomic E-state index is 13.2. The molecular formula is C28H25N3O3. The van der Waals surface area contributed by atoms with Crippen LogP contribution in [0.25, 0.3) is 6.08 Å². The van der Waals surface area contributed by atoms with Crippen molar-refractivity contribution in [3.63, 3.8) is 0 Å². The largest absolute Gasteiger partial charge is 0.335 e. The highest BCUT2D eigenvalue weighted by Gasteiger charge is 2.51. The van der Waals surface area contributed by atoms with Gasteiger partial charge in [0.1, 0.15) is 5.57 Å². The van der Waals surface area contributed by atoms with Gasteiger partial charge in [-0.1, -0.05) is 24.3 Å². The SMILES string of the molecule is N#Cc1ccc(/C=C2\C(=O)NC(=O)N(c3ccc(C45CC6CC(CC(C6)C4)C5)cc3)C2=O)cc1.